The van der Waals surface area contributed by atoms with Crippen LogP contribution in [0, 0.1) is 13.8 Å². The molecule has 0 aliphatic rings. The van der Waals surface area contributed by atoms with Gasteiger partial charge in [-0.3, -0.25) is 14.8 Å². The van der Waals surface area contributed by atoms with Crippen molar-refractivity contribution in [3.63, 3.8) is 0 Å². The number of anilines is 2. The van der Waals surface area contributed by atoms with Crippen molar-refractivity contribution in [2.75, 3.05) is 10.0 Å². The summed E-state index contributed by atoms with van der Waals surface area (Å²) >= 11 is 5.15. The lowest BCUT2D eigenvalue weighted by molar-refractivity contribution is -0.115. The molecular weight excluding hydrogens is 442 g/mol. The normalized spacial score (nSPS) is 11.2. The van der Waals surface area contributed by atoms with Crippen LogP contribution in [0.4, 0.5) is 11.4 Å². The Morgan fingerprint density at radius 1 is 0.875 bits per heavy atom. The van der Waals surface area contributed by atoms with Gasteiger partial charge in [0.2, 0.25) is 5.91 Å². The van der Waals surface area contributed by atoms with Gasteiger partial charge >= 0.3 is 0 Å². The average Bonchev–Trinajstić information content (AvgIpc) is 2.72. The molecule has 0 heterocycles. The zero-order valence-corrected chi connectivity index (χ0v) is 19.3. The van der Waals surface area contributed by atoms with E-state index >= 15 is 0 Å². The zero-order valence-electron chi connectivity index (χ0n) is 17.6. The van der Waals surface area contributed by atoms with Crippen molar-refractivity contribution < 1.29 is 13.2 Å². The van der Waals surface area contributed by atoms with E-state index in [9.17, 15) is 13.2 Å². The molecule has 3 aromatic carbocycles. The van der Waals surface area contributed by atoms with Crippen molar-refractivity contribution in [2.24, 2.45) is 0 Å². The predicted molar refractivity (Wildman–Crippen MR) is 133 cm³/mol. The van der Waals surface area contributed by atoms with E-state index < -0.39 is 10.0 Å². The fourth-order valence-electron chi connectivity index (χ4n) is 3.02. The molecule has 0 saturated heterocycles. The smallest absolute Gasteiger partial charge is 0.261 e. The van der Waals surface area contributed by atoms with Gasteiger partial charge in [0, 0.05) is 17.5 Å². The van der Waals surface area contributed by atoms with Crippen LogP contribution >= 0.6 is 12.2 Å². The van der Waals surface area contributed by atoms with Crippen LogP contribution in [0.25, 0.3) is 6.08 Å². The Morgan fingerprint density at radius 2 is 1.50 bits per heavy atom. The first-order chi connectivity index (χ1) is 15.2. The van der Waals surface area contributed by atoms with Crippen molar-refractivity contribution in [3.05, 3.63) is 95.6 Å². The molecule has 0 atom stereocenters. The Kier molecular flexibility index (Phi) is 7.40. The molecule has 0 spiro atoms. The number of nitrogens with one attached hydrogen (secondary N) is 3. The molecule has 3 rings (SSSR count). The first kappa shape index (κ1) is 23.2. The van der Waals surface area contributed by atoms with Gasteiger partial charge in [-0.15, -0.1) is 0 Å². The zero-order chi connectivity index (χ0) is 23.1. The maximum absolute atomic E-state index is 12.7. The molecule has 3 N–H and O–H groups in total. The fourth-order valence-corrected chi connectivity index (χ4v) is 4.28. The van der Waals surface area contributed by atoms with E-state index in [2.05, 4.69) is 15.4 Å². The van der Waals surface area contributed by atoms with E-state index in [0.717, 1.165) is 16.7 Å². The van der Waals surface area contributed by atoms with Crippen LogP contribution in [0.15, 0.2) is 83.8 Å². The summed E-state index contributed by atoms with van der Waals surface area (Å²) in [4.78, 5) is 12.1. The summed E-state index contributed by atoms with van der Waals surface area (Å²) in [6.07, 6.45) is 3.07. The number of benzene rings is 3. The number of carbonyl (C=O) groups is 1. The Labute approximate surface area is 193 Å². The van der Waals surface area contributed by atoms with Crippen molar-refractivity contribution in [1.29, 1.82) is 0 Å². The second kappa shape index (κ2) is 10.2. The number of carbonyl (C=O) groups excluding carboxylic acids is 1. The summed E-state index contributed by atoms with van der Waals surface area (Å²) in [6, 6.07) is 21.0. The first-order valence-corrected chi connectivity index (χ1v) is 11.7. The molecule has 8 heteroatoms. The summed E-state index contributed by atoms with van der Waals surface area (Å²) in [5, 5.41) is 5.52. The highest BCUT2D eigenvalue weighted by molar-refractivity contribution is 7.92. The highest BCUT2D eigenvalue weighted by atomic mass is 32.2. The van der Waals surface area contributed by atoms with Gasteiger partial charge in [0.05, 0.1) is 4.90 Å². The Morgan fingerprint density at radius 3 is 2.12 bits per heavy atom. The number of hydrogen-bond donors (Lipinski definition) is 3. The third kappa shape index (κ3) is 6.76. The Balaban J connectivity index is 1.59. The van der Waals surface area contributed by atoms with Gasteiger partial charge in [-0.2, -0.15) is 0 Å². The van der Waals surface area contributed by atoms with Crippen LogP contribution in [0.2, 0.25) is 0 Å². The van der Waals surface area contributed by atoms with E-state index in [1.54, 1.807) is 30.3 Å². The van der Waals surface area contributed by atoms with Crippen molar-refractivity contribution in [1.82, 2.24) is 5.32 Å². The van der Waals surface area contributed by atoms with E-state index in [-0.39, 0.29) is 15.9 Å². The van der Waals surface area contributed by atoms with Crippen molar-refractivity contribution in [2.45, 2.75) is 18.7 Å². The van der Waals surface area contributed by atoms with E-state index in [1.165, 1.54) is 18.2 Å². The predicted octanol–water partition coefficient (Wildman–Crippen LogP) is 4.63. The minimum absolute atomic E-state index is 0.108. The molecular formula is C24H23N3O3S2. The fraction of sp³-hybridized carbons (Fsp3) is 0.0833. The number of aryl methyl sites for hydroxylation is 2. The van der Waals surface area contributed by atoms with Gasteiger partial charge in [0.1, 0.15) is 0 Å². The summed E-state index contributed by atoms with van der Waals surface area (Å²) in [5.41, 5.74) is 3.89. The molecule has 0 radical (unpaired) electrons. The highest BCUT2D eigenvalue weighted by Gasteiger charge is 2.14. The van der Waals surface area contributed by atoms with Crippen LogP contribution in [0.5, 0.6) is 0 Å². The maximum Gasteiger partial charge on any atom is 0.261 e. The summed E-state index contributed by atoms with van der Waals surface area (Å²) in [7, 11) is -3.73. The van der Waals surface area contributed by atoms with Crippen molar-refractivity contribution >= 4 is 50.7 Å². The lowest BCUT2D eigenvalue weighted by atomic mass is 10.1. The third-order valence-electron chi connectivity index (χ3n) is 4.36. The molecule has 164 valence electrons. The second-order valence-corrected chi connectivity index (χ2v) is 9.28. The summed E-state index contributed by atoms with van der Waals surface area (Å²) in [5.74, 6) is -0.372. The SMILES string of the molecule is Cc1cc(C)cc(NS(=O)(=O)c2ccc(NC(=S)NC(=O)/C=C/c3ccccc3)cc2)c1. The lowest BCUT2D eigenvalue weighted by Crippen LogP contribution is -2.32. The number of hydrogen-bond acceptors (Lipinski definition) is 4. The minimum Gasteiger partial charge on any atom is -0.332 e. The van der Waals surface area contributed by atoms with Gasteiger partial charge in [0.25, 0.3) is 10.0 Å². The first-order valence-electron chi connectivity index (χ1n) is 9.77. The van der Waals surface area contributed by atoms with Crippen LogP contribution < -0.4 is 15.4 Å². The molecule has 1 amide bonds. The molecule has 6 nitrogen and oxygen atoms in total. The topological polar surface area (TPSA) is 87.3 Å². The molecule has 0 fully saturated rings. The van der Waals surface area contributed by atoms with Crippen LogP contribution in [-0.2, 0) is 14.8 Å². The number of rotatable bonds is 6. The third-order valence-corrected chi connectivity index (χ3v) is 5.96. The molecule has 0 aromatic heterocycles. The Hall–Kier alpha value is -3.49. The van der Waals surface area contributed by atoms with Crippen LogP contribution in [0.3, 0.4) is 0 Å². The number of sulfonamides is 1. The van der Waals surface area contributed by atoms with Gasteiger partial charge in [0.15, 0.2) is 5.11 Å². The van der Waals surface area contributed by atoms with Crippen molar-refractivity contribution in [3.8, 4) is 0 Å². The highest BCUT2D eigenvalue weighted by Crippen LogP contribution is 2.20. The van der Waals surface area contributed by atoms with Gasteiger partial charge in [-0.1, -0.05) is 36.4 Å². The number of amides is 1. The van der Waals surface area contributed by atoms with E-state index in [4.69, 9.17) is 12.2 Å². The maximum atomic E-state index is 12.7. The molecule has 3 aromatic rings. The van der Waals surface area contributed by atoms with Crippen LogP contribution in [-0.4, -0.2) is 19.4 Å². The average molecular weight is 466 g/mol. The quantitative estimate of drug-likeness (QED) is 0.365. The standard InChI is InChI=1S/C24H23N3O3S2/c1-17-14-18(2)16-21(15-17)27-32(29,30)22-11-9-20(10-12-22)25-24(31)26-23(28)13-8-19-6-4-3-5-7-19/h3-16,27H,1-2H3,(H2,25,26,28,31)/b13-8+. The van der Waals surface area contributed by atoms with Crippen LogP contribution in [0.1, 0.15) is 16.7 Å². The second-order valence-electron chi connectivity index (χ2n) is 7.19. The van der Waals surface area contributed by atoms with E-state index in [1.807, 2.05) is 50.2 Å². The minimum atomic E-state index is -3.73. The largest absolute Gasteiger partial charge is 0.332 e. The lowest BCUT2D eigenvalue weighted by Gasteiger charge is -2.11. The monoisotopic (exact) mass is 465 g/mol. The number of thiocarbonyl (C=S) groups is 1. The Bertz CT molecular complexity index is 1230. The van der Waals surface area contributed by atoms with Gasteiger partial charge in [-0.05, 0) is 85.2 Å². The molecule has 0 aliphatic heterocycles. The summed E-state index contributed by atoms with van der Waals surface area (Å²) < 4.78 is 27.9. The summed E-state index contributed by atoms with van der Waals surface area (Å²) in [6.45, 7) is 3.81. The van der Waals surface area contributed by atoms with Gasteiger partial charge in [-0.25, -0.2) is 8.42 Å². The molecule has 32 heavy (non-hydrogen) atoms. The van der Waals surface area contributed by atoms with Gasteiger partial charge < -0.3 is 5.32 Å². The molecule has 0 aliphatic carbocycles. The molecule has 0 unspecified atom stereocenters. The van der Waals surface area contributed by atoms with E-state index in [0.29, 0.717) is 11.4 Å². The molecule has 0 bridgehead atoms. The molecule has 0 saturated carbocycles.